The Bertz CT molecular complexity index is 661. The van der Waals surface area contributed by atoms with Crippen LogP contribution in [0.5, 0.6) is 0 Å². The van der Waals surface area contributed by atoms with Crippen molar-refractivity contribution >= 4 is 22.6 Å². The number of fused-ring (bicyclic) bond motifs is 1. The highest BCUT2D eigenvalue weighted by molar-refractivity contribution is 5.83. The smallest absolute Gasteiger partial charge is 0.240 e. The summed E-state index contributed by atoms with van der Waals surface area (Å²) in [5.41, 5.74) is 8.34. The first-order valence-corrected chi connectivity index (χ1v) is 7.20. The Morgan fingerprint density at radius 1 is 1.52 bits per heavy atom. The van der Waals surface area contributed by atoms with Crippen LogP contribution in [-0.2, 0) is 16.1 Å². The fraction of sp³-hybridized carbons (Fsp3) is 0.467. The molecule has 0 saturated heterocycles. The SMILES string of the molecule is COCCNC(=O)Cn1c(C2CC2)nc2cc(N)ccc21. The van der Waals surface area contributed by atoms with Crippen molar-refractivity contribution in [1.82, 2.24) is 14.9 Å². The second-order valence-electron chi connectivity index (χ2n) is 5.42. The van der Waals surface area contributed by atoms with Crippen molar-refractivity contribution in [3.63, 3.8) is 0 Å². The molecule has 3 N–H and O–H groups in total. The molecule has 1 amide bonds. The van der Waals surface area contributed by atoms with Gasteiger partial charge in [-0.1, -0.05) is 0 Å². The van der Waals surface area contributed by atoms with E-state index < -0.39 is 0 Å². The van der Waals surface area contributed by atoms with Crippen molar-refractivity contribution in [2.24, 2.45) is 0 Å². The van der Waals surface area contributed by atoms with E-state index in [9.17, 15) is 4.79 Å². The van der Waals surface area contributed by atoms with Crippen LogP contribution in [0.2, 0.25) is 0 Å². The number of nitrogens with zero attached hydrogens (tertiary/aromatic N) is 2. The molecule has 1 aliphatic carbocycles. The van der Waals surface area contributed by atoms with Crippen LogP contribution in [0, 0.1) is 0 Å². The Labute approximate surface area is 123 Å². The number of hydrogen-bond acceptors (Lipinski definition) is 4. The Morgan fingerprint density at radius 3 is 3.05 bits per heavy atom. The minimum atomic E-state index is -0.0231. The van der Waals surface area contributed by atoms with E-state index in [0.29, 0.717) is 24.8 Å². The first-order chi connectivity index (χ1) is 10.2. The number of methoxy groups -OCH3 is 1. The summed E-state index contributed by atoms with van der Waals surface area (Å²) < 4.78 is 6.94. The fourth-order valence-corrected chi connectivity index (χ4v) is 2.48. The highest BCUT2D eigenvalue weighted by Gasteiger charge is 2.30. The zero-order chi connectivity index (χ0) is 14.8. The topological polar surface area (TPSA) is 82.2 Å². The summed E-state index contributed by atoms with van der Waals surface area (Å²) >= 11 is 0. The molecule has 1 aliphatic rings. The predicted octanol–water partition coefficient (Wildman–Crippen LogP) is 1.26. The van der Waals surface area contributed by atoms with Gasteiger partial charge in [-0.15, -0.1) is 0 Å². The van der Waals surface area contributed by atoms with E-state index in [2.05, 4.69) is 10.3 Å². The lowest BCUT2D eigenvalue weighted by molar-refractivity contribution is -0.121. The van der Waals surface area contributed by atoms with E-state index in [1.165, 1.54) is 0 Å². The summed E-state index contributed by atoms with van der Waals surface area (Å²) in [6.45, 7) is 1.33. The van der Waals surface area contributed by atoms with Gasteiger partial charge in [-0.2, -0.15) is 0 Å². The van der Waals surface area contributed by atoms with Crippen molar-refractivity contribution in [1.29, 1.82) is 0 Å². The molecule has 0 unspecified atom stereocenters. The van der Waals surface area contributed by atoms with E-state index in [1.807, 2.05) is 22.8 Å². The maximum absolute atomic E-state index is 12.1. The second-order valence-corrected chi connectivity index (χ2v) is 5.42. The number of imidazole rings is 1. The number of aromatic nitrogens is 2. The summed E-state index contributed by atoms with van der Waals surface area (Å²) in [4.78, 5) is 16.7. The maximum Gasteiger partial charge on any atom is 0.240 e. The number of carbonyl (C=O) groups is 1. The number of carbonyl (C=O) groups excluding carboxylic acids is 1. The van der Waals surface area contributed by atoms with E-state index in [1.54, 1.807) is 7.11 Å². The lowest BCUT2D eigenvalue weighted by atomic mass is 10.3. The second kappa shape index (κ2) is 5.73. The number of amides is 1. The predicted molar refractivity (Wildman–Crippen MR) is 81.0 cm³/mol. The third-order valence-corrected chi connectivity index (χ3v) is 3.67. The van der Waals surface area contributed by atoms with Crippen molar-refractivity contribution < 1.29 is 9.53 Å². The van der Waals surface area contributed by atoms with Crippen LogP contribution in [0.4, 0.5) is 5.69 Å². The molecule has 0 spiro atoms. The number of nitrogen functional groups attached to an aromatic ring is 1. The largest absolute Gasteiger partial charge is 0.399 e. The molecule has 21 heavy (non-hydrogen) atoms. The van der Waals surface area contributed by atoms with Gasteiger partial charge in [0.25, 0.3) is 0 Å². The van der Waals surface area contributed by atoms with Gasteiger partial charge in [0.05, 0.1) is 17.6 Å². The summed E-state index contributed by atoms with van der Waals surface area (Å²) in [5.74, 6) is 1.45. The van der Waals surface area contributed by atoms with Crippen molar-refractivity contribution in [2.75, 3.05) is 26.0 Å². The molecule has 112 valence electrons. The third kappa shape index (κ3) is 3.00. The first-order valence-electron chi connectivity index (χ1n) is 7.20. The van der Waals surface area contributed by atoms with Crippen molar-refractivity contribution in [3.8, 4) is 0 Å². The van der Waals surface area contributed by atoms with Gasteiger partial charge in [-0.25, -0.2) is 4.98 Å². The van der Waals surface area contributed by atoms with Crippen LogP contribution in [0.25, 0.3) is 11.0 Å². The van der Waals surface area contributed by atoms with Crippen LogP contribution in [0.3, 0.4) is 0 Å². The lowest BCUT2D eigenvalue weighted by Crippen LogP contribution is -2.30. The zero-order valence-corrected chi connectivity index (χ0v) is 12.1. The highest BCUT2D eigenvalue weighted by atomic mass is 16.5. The number of ether oxygens (including phenoxy) is 1. The van der Waals surface area contributed by atoms with E-state index in [4.69, 9.17) is 10.5 Å². The lowest BCUT2D eigenvalue weighted by Gasteiger charge is -2.09. The van der Waals surface area contributed by atoms with Crippen LogP contribution in [0.1, 0.15) is 24.6 Å². The van der Waals surface area contributed by atoms with Gasteiger partial charge in [-0.05, 0) is 31.0 Å². The molecular formula is C15H20N4O2. The molecule has 2 aromatic rings. The average Bonchev–Trinajstić information content (AvgIpc) is 3.23. The number of benzene rings is 1. The molecule has 1 aromatic carbocycles. The van der Waals surface area contributed by atoms with Crippen LogP contribution >= 0.6 is 0 Å². The minimum absolute atomic E-state index is 0.0231. The quantitative estimate of drug-likeness (QED) is 0.619. The van der Waals surface area contributed by atoms with Crippen LogP contribution in [0.15, 0.2) is 18.2 Å². The van der Waals surface area contributed by atoms with Crippen molar-refractivity contribution in [2.45, 2.75) is 25.3 Å². The van der Waals surface area contributed by atoms with Gasteiger partial charge in [0.15, 0.2) is 0 Å². The third-order valence-electron chi connectivity index (χ3n) is 3.67. The Kier molecular flexibility index (Phi) is 3.79. The first kappa shape index (κ1) is 13.9. The number of anilines is 1. The average molecular weight is 288 g/mol. The number of nitrogens with two attached hydrogens (primary N) is 1. The van der Waals surface area contributed by atoms with E-state index in [-0.39, 0.29) is 12.5 Å². The molecule has 1 heterocycles. The van der Waals surface area contributed by atoms with Gasteiger partial charge in [0, 0.05) is 25.3 Å². The molecule has 0 aliphatic heterocycles. The van der Waals surface area contributed by atoms with Crippen LogP contribution < -0.4 is 11.1 Å². The standard InChI is InChI=1S/C15H20N4O2/c1-21-7-6-17-14(20)9-19-13-5-4-11(16)8-12(13)18-15(19)10-2-3-10/h4-5,8,10H,2-3,6-7,9,16H2,1H3,(H,17,20). The molecule has 0 bridgehead atoms. The Balaban J connectivity index is 1.85. The summed E-state index contributed by atoms with van der Waals surface area (Å²) in [6, 6.07) is 5.65. The minimum Gasteiger partial charge on any atom is -0.399 e. The van der Waals surface area contributed by atoms with Gasteiger partial charge < -0.3 is 20.4 Å². The molecular weight excluding hydrogens is 268 g/mol. The Morgan fingerprint density at radius 2 is 2.33 bits per heavy atom. The molecule has 3 rings (SSSR count). The molecule has 1 aromatic heterocycles. The fourth-order valence-electron chi connectivity index (χ4n) is 2.48. The van der Waals surface area contributed by atoms with Gasteiger partial charge in [0.2, 0.25) is 5.91 Å². The molecule has 1 fully saturated rings. The number of rotatable bonds is 6. The monoisotopic (exact) mass is 288 g/mol. The molecule has 0 atom stereocenters. The van der Waals surface area contributed by atoms with E-state index in [0.717, 1.165) is 29.7 Å². The van der Waals surface area contributed by atoms with Gasteiger partial charge >= 0.3 is 0 Å². The molecule has 6 nitrogen and oxygen atoms in total. The molecule has 6 heteroatoms. The summed E-state index contributed by atoms with van der Waals surface area (Å²) in [6.07, 6.45) is 2.29. The van der Waals surface area contributed by atoms with Crippen molar-refractivity contribution in [3.05, 3.63) is 24.0 Å². The molecule has 0 radical (unpaired) electrons. The van der Waals surface area contributed by atoms with Gasteiger partial charge in [0.1, 0.15) is 12.4 Å². The number of nitrogens with one attached hydrogen (secondary N) is 1. The molecule has 1 saturated carbocycles. The van der Waals surface area contributed by atoms with Gasteiger partial charge in [-0.3, -0.25) is 4.79 Å². The number of hydrogen-bond donors (Lipinski definition) is 2. The normalized spacial score (nSPS) is 14.5. The maximum atomic E-state index is 12.1. The summed E-state index contributed by atoms with van der Waals surface area (Å²) in [5, 5.41) is 2.85. The Hall–Kier alpha value is -2.08. The summed E-state index contributed by atoms with van der Waals surface area (Å²) in [7, 11) is 1.62. The highest BCUT2D eigenvalue weighted by Crippen LogP contribution is 2.40. The van der Waals surface area contributed by atoms with E-state index >= 15 is 0 Å². The zero-order valence-electron chi connectivity index (χ0n) is 12.1. The van der Waals surface area contributed by atoms with Crippen LogP contribution in [-0.4, -0.2) is 35.7 Å².